The Morgan fingerprint density at radius 2 is 2.27 bits per heavy atom. The Balaban J connectivity index is 2.53. The van der Waals surface area contributed by atoms with Crippen molar-refractivity contribution in [1.82, 2.24) is 9.55 Å². The highest BCUT2D eigenvalue weighted by Crippen LogP contribution is 2.32. The van der Waals surface area contributed by atoms with Crippen LogP contribution in [0.3, 0.4) is 0 Å². The maximum Gasteiger partial charge on any atom is 0.123 e. The van der Waals surface area contributed by atoms with Crippen LogP contribution < -0.4 is 5.73 Å². The maximum absolute atomic E-state index is 5.90. The topological polar surface area (TPSA) is 43.8 Å². The van der Waals surface area contributed by atoms with Crippen LogP contribution in [0.5, 0.6) is 0 Å². The first-order chi connectivity index (χ1) is 7.13. The van der Waals surface area contributed by atoms with Gasteiger partial charge in [-0.3, -0.25) is 0 Å². The van der Waals surface area contributed by atoms with Crippen LogP contribution in [-0.4, -0.2) is 9.55 Å². The number of hydrogen-bond donors (Lipinski definition) is 1. The highest BCUT2D eigenvalue weighted by Gasteiger charge is 2.13. The fourth-order valence-corrected chi connectivity index (χ4v) is 2.58. The summed E-state index contributed by atoms with van der Waals surface area (Å²) in [5, 5.41) is 0. The van der Waals surface area contributed by atoms with E-state index in [1.54, 1.807) is 0 Å². The van der Waals surface area contributed by atoms with E-state index in [0.29, 0.717) is 6.54 Å². The number of nitrogens with zero attached hydrogens (tertiary/aromatic N) is 2. The van der Waals surface area contributed by atoms with E-state index < -0.39 is 0 Å². The van der Waals surface area contributed by atoms with Crippen molar-refractivity contribution in [3.63, 3.8) is 0 Å². The van der Waals surface area contributed by atoms with Crippen LogP contribution in [0, 0.1) is 6.92 Å². The fraction of sp³-hybridized carbons (Fsp3) is 0.300. The lowest BCUT2D eigenvalue weighted by Gasteiger charge is -1.98. The average Bonchev–Trinajstić information content (AvgIpc) is 2.74. The molecule has 5 heteroatoms. The maximum atomic E-state index is 5.90. The quantitative estimate of drug-likeness (QED) is 0.878. The van der Waals surface area contributed by atoms with Crippen molar-refractivity contribution in [3.05, 3.63) is 28.0 Å². The molecule has 2 aromatic heterocycles. The van der Waals surface area contributed by atoms with Crippen LogP contribution in [0.15, 0.2) is 12.1 Å². The lowest BCUT2D eigenvalue weighted by Crippen LogP contribution is -2.05. The zero-order valence-corrected chi connectivity index (χ0v) is 10.2. The molecule has 2 rings (SSSR count). The van der Waals surface area contributed by atoms with Gasteiger partial charge in [0.25, 0.3) is 0 Å². The number of nitrogens with two attached hydrogens (primary N) is 1. The van der Waals surface area contributed by atoms with Crippen LogP contribution in [0.25, 0.3) is 10.6 Å². The number of rotatable bonds is 2. The Bertz CT molecular complexity index is 487. The minimum Gasteiger partial charge on any atom is -0.334 e. The minimum absolute atomic E-state index is 0.455. The van der Waals surface area contributed by atoms with E-state index in [1.807, 2.05) is 30.7 Å². The van der Waals surface area contributed by atoms with Crippen LogP contribution in [0.2, 0.25) is 4.34 Å². The highest BCUT2D eigenvalue weighted by molar-refractivity contribution is 7.19. The van der Waals surface area contributed by atoms with Gasteiger partial charge in [-0.2, -0.15) is 0 Å². The molecular weight excluding hydrogens is 230 g/mol. The number of thiophene rings is 1. The van der Waals surface area contributed by atoms with Crippen molar-refractivity contribution < 1.29 is 0 Å². The van der Waals surface area contributed by atoms with Gasteiger partial charge in [0.05, 0.1) is 15.8 Å². The molecule has 0 spiro atoms. The Labute approximate surface area is 97.5 Å². The summed E-state index contributed by atoms with van der Waals surface area (Å²) in [5.41, 5.74) is 7.71. The summed E-state index contributed by atoms with van der Waals surface area (Å²) in [7, 11) is 1.98. The van der Waals surface area contributed by atoms with Crippen LogP contribution >= 0.6 is 22.9 Å². The summed E-state index contributed by atoms with van der Waals surface area (Å²) >= 11 is 7.44. The molecule has 3 nitrogen and oxygen atoms in total. The number of hydrogen-bond acceptors (Lipinski definition) is 3. The first-order valence-electron chi connectivity index (χ1n) is 4.61. The predicted octanol–water partition coefficient (Wildman–Crippen LogP) is 2.57. The van der Waals surface area contributed by atoms with E-state index in [4.69, 9.17) is 17.3 Å². The van der Waals surface area contributed by atoms with Gasteiger partial charge in [0.2, 0.25) is 0 Å². The van der Waals surface area contributed by atoms with Gasteiger partial charge in [0, 0.05) is 12.7 Å². The first kappa shape index (κ1) is 10.7. The third kappa shape index (κ3) is 1.80. The van der Waals surface area contributed by atoms with Crippen molar-refractivity contribution >= 4 is 22.9 Å². The first-order valence-corrected chi connectivity index (χ1v) is 5.81. The van der Waals surface area contributed by atoms with E-state index in [0.717, 1.165) is 26.4 Å². The van der Waals surface area contributed by atoms with Crippen molar-refractivity contribution in [2.24, 2.45) is 12.8 Å². The molecule has 2 N–H and O–H groups in total. The van der Waals surface area contributed by atoms with E-state index in [9.17, 15) is 0 Å². The largest absolute Gasteiger partial charge is 0.334 e. The van der Waals surface area contributed by atoms with Gasteiger partial charge in [-0.1, -0.05) is 11.6 Å². The molecule has 0 unspecified atom stereocenters. The van der Waals surface area contributed by atoms with Crippen LogP contribution in [0.4, 0.5) is 0 Å². The Kier molecular flexibility index (Phi) is 2.82. The van der Waals surface area contributed by atoms with Gasteiger partial charge in [0.15, 0.2) is 0 Å². The van der Waals surface area contributed by atoms with Crippen molar-refractivity contribution in [2.45, 2.75) is 13.5 Å². The lowest BCUT2D eigenvalue weighted by molar-refractivity contribution is 0.774. The highest BCUT2D eigenvalue weighted by atomic mass is 35.5. The summed E-state index contributed by atoms with van der Waals surface area (Å²) in [6.45, 7) is 2.49. The Morgan fingerprint density at radius 3 is 2.73 bits per heavy atom. The second-order valence-corrected chi connectivity index (χ2v) is 5.04. The molecule has 0 aliphatic carbocycles. The number of halogens is 1. The van der Waals surface area contributed by atoms with E-state index >= 15 is 0 Å². The molecule has 0 amide bonds. The predicted molar refractivity (Wildman–Crippen MR) is 64.2 cm³/mol. The third-order valence-corrected chi connectivity index (χ3v) is 3.70. The van der Waals surface area contributed by atoms with E-state index in [1.165, 1.54) is 11.3 Å². The van der Waals surface area contributed by atoms with E-state index in [2.05, 4.69) is 4.98 Å². The smallest absolute Gasteiger partial charge is 0.123 e. The molecule has 0 aliphatic heterocycles. The standard InChI is InChI=1S/C10H12ClN3S/c1-6-10(7-3-4-8(11)15-7)13-9(5-12)14(6)2/h3-4H,5,12H2,1-2H3. The van der Waals surface area contributed by atoms with Gasteiger partial charge < -0.3 is 10.3 Å². The molecule has 0 saturated heterocycles. The van der Waals surface area contributed by atoms with Gasteiger partial charge in [-0.25, -0.2) is 4.98 Å². The molecule has 0 aromatic carbocycles. The van der Waals surface area contributed by atoms with E-state index in [-0.39, 0.29) is 0 Å². The number of imidazole rings is 1. The van der Waals surface area contributed by atoms with Crippen LogP contribution in [0.1, 0.15) is 11.5 Å². The summed E-state index contributed by atoms with van der Waals surface area (Å²) in [4.78, 5) is 5.59. The molecule has 0 aliphatic rings. The molecule has 15 heavy (non-hydrogen) atoms. The van der Waals surface area contributed by atoms with Crippen molar-refractivity contribution in [2.75, 3.05) is 0 Å². The summed E-state index contributed by atoms with van der Waals surface area (Å²) in [5.74, 6) is 0.895. The number of aromatic nitrogens is 2. The molecule has 0 bridgehead atoms. The molecule has 0 atom stereocenters. The lowest BCUT2D eigenvalue weighted by atomic mass is 10.3. The van der Waals surface area contributed by atoms with Crippen LogP contribution in [-0.2, 0) is 13.6 Å². The normalized spacial score (nSPS) is 10.9. The molecule has 0 fully saturated rings. The van der Waals surface area contributed by atoms with Crippen molar-refractivity contribution in [3.8, 4) is 10.6 Å². The molecule has 2 aromatic rings. The average molecular weight is 242 g/mol. The Hall–Kier alpha value is -0.840. The monoisotopic (exact) mass is 241 g/mol. The van der Waals surface area contributed by atoms with Gasteiger partial charge >= 0.3 is 0 Å². The summed E-state index contributed by atoms with van der Waals surface area (Å²) < 4.78 is 2.80. The molecule has 80 valence electrons. The zero-order valence-electron chi connectivity index (χ0n) is 8.62. The van der Waals surface area contributed by atoms with Gasteiger partial charge in [-0.15, -0.1) is 11.3 Å². The Morgan fingerprint density at radius 1 is 1.53 bits per heavy atom. The summed E-state index contributed by atoms with van der Waals surface area (Å²) in [6.07, 6.45) is 0. The molecular formula is C10H12ClN3S. The molecule has 0 saturated carbocycles. The van der Waals surface area contributed by atoms with Gasteiger partial charge in [-0.05, 0) is 19.1 Å². The molecule has 2 heterocycles. The van der Waals surface area contributed by atoms with Gasteiger partial charge in [0.1, 0.15) is 11.5 Å². The minimum atomic E-state index is 0.455. The summed E-state index contributed by atoms with van der Waals surface area (Å²) in [6, 6.07) is 3.88. The third-order valence-electron chi connectivity index (χ3n) is 2.46. The second kappa shape index (κ2) is 3.96. The SMILES string of the molecule is Cc1c(-c2ccc(Cl)s2)nc(CN)n1C. The molecule has 0 radical (unpaired) electrons. The second-order valence-electron chi connectivity index (χ2n) is 3.33. The zero-order chi connectivity index (χ0) is 11.0. The van der Waals surface area contributed by atoms with Crippen molar-refractivity contribution in [1.29, 1.82) is 0 Å². The fourth-order valence-electron chi connectivity index (χ4n) is 1.49.